The van der Waals surface area contributed by atoms with Crippen molar-refractivity contribution in [2.45, 2.75) is 39.0 Å². The third kappa shape index (κ3) is 4.28. The Morgan fingerprint density at radius 3 is 2.41 bits per heavy atom. The fourth-order valence-corrected chi connectivity index (χ4v) is 2.18. The standard InChI is InChI=1S/C17H21N3O2/c1-17(2,3)16-14(18-10-11-19-16)8-9-15(22)20-12-4-6-13(21)7-5-12/h4-7,10-11,21H,8-9H2,1-3H3,(H,20,22). The summed E-state index contributed by atoms with van der Waals surface area (Å²) in [6.45, 7) is 6.24. The zero-order valence-corrected chi connectivity index (χ0v) is 13.1. The summed E-state index contributed by atoms with van der Waals surface area (Å²) in [6.07, 6.45) is 4.22. The van der Waals surface area contributed by atoms with Crippen molar-refractivity contribution in [3.63, 3.8) is 0 Å². The number of carbonyl (C=O) groups is 1. The Kier molecular flexibility index (Phi) is 4.75. The zero-order valence-electron chi connectivity index (χ0n) is 13.1. The van der Waals surface area contributed by atoms with Gasteiger partial charge in [0.2, 0.25) is 5.91 Å². The number of benzene rings is 1. The van der Waals surface area contributed by atoms with Crippen LogP contribution in [0.25, 0.3) is 0 Å². The zero-order chi connectivity index (χ0) is 16.2. The molecule has 0 atom stereocenters. The first-order valence-corrected chi connectivity index (χ1v) is 7.25. The molecule has 2 N–H and O–H groups in total. The summed E-state index contributed by atoms with van der Waals surface area (Å²) >= 11 is 0. The molecule has 2 rings (SSSR count). The quantitative estimate of drug-likeness (QED) is 0.851. The maximum Gasteiger partial charge on any atom is 0.224 e. The van der Waals surface area contributed by atoms with Crippen molar-refractivity contribution in [2.75, 3.05) is 5.32 Å². The highest BCUT2D eigenvalue weighted by Gasteiger charge is 2.20. The van der Waals surface area contributed by atoms with Gasteiger partial charge in [-0.15, -0.1) is 0 Å². The number of hydrogen-bond donors (Lipinski definition) is 2. The topological polar surface area (TPSA) is 75.1 Å². The second kappa shape index (κ2) is 6.56. The summed E-state index contributed by atoms with van der Waals surface area (Å²) < 4.78 is 0. The number of hydrogen-bond acceptors (Lipinski definition) is 4. The molecule has 0 fully saturated rings. The van der Waals surface area contributed by atoms with Crippen molar-refractivity contribution < 1.29 is 9.90 Å². The van der Waals surface area contributed by atoms with Crippen LogP contribution in [-0.4, -0.2) is 21.0 Å². The van der Waals surface area contributed by atoms with Crippen LogP contribution < -0.4 is 5.32 Å². The molecule has 1 heterocycles. The highest BCUT2D eigenvalue weighted by atomic mass is 16.3. The number of carbonyl (C=O) groups excluding carboxylic acids is 1. The van der Waals surface area contributed by atoms with Gasteiger partial charge in [-0.3, -0.25) is 14.8 Å². The van der Waals surface area contributed by atoms with Gasteiger partial charge in [0.15, 0.2) is 0 Å². The lowest BCUT2D eigenvalue weighted by atomic mass is 9.89. The van der Waals surface area contributed by atoms with Crippen LogP contribution in [0.2, 0.25) is 0 Å². The number of aromatic hydroxyl groups is 1. The molecule has 0 radical (unpaired) electrons. The van der Waals surface area contributed by atoms with Gasteiger partial charge in [0, 0.05) is 36.3 Å². The number of rotatable bonds is 4. The molecule has 0 spiro atoms. The molecule has 0 saturated heterocycles. The van der Waals surface area contributed by atoms with Gasteiger partial charge in [-0.25, -0.2) is 0 Å². The Hall–Kier alpha value is -2.43. The van der Waals surface area contributed by atoms with Gasteiger partial charge < -0.3 is 10.4 Å². The van der Waals surface area contributed by atoms with Crippen molar-refractivity contribution in [1.29, 1.82) is 0 Å². The molecule has 116 valence electrons. The largest absolute Gasteiger partial charge is 0.508 e. The number of anilines is 1. The number of amides is 1. The van der Waals surface area contributed by atoms with Crippen LogP contribution in [0.5, 0.6) is 5.75 Å². The van der Waals surface area contributed by atoms with Crippen molar-refractivity contribution in [3.8, 4) is 5.75 Å². The van der Waals surface area contributed by atoms with Crippen LogP contribution in [-0.2, 0) is 16.6 Å². The number of nitrogens with one attached hydrogen (secondary N) is 1. The van der Waals surface area contributed by atoms with Crippen LogP contribution in [0.3, 0.4) is 0 Å². The van der Waals surface area contributed by atoms with Crippen molar-refractivity contribution in [3.05, 3.63) is 48.0 Å². The van der Waals surface area contributed by atoms with Crippen molar-refractivity contribution in [1.82, 2.24) is 9.97 Å². The molecule has 0 unspecified atom stereocenters. The van der Waals surface area contributed by atoms with E-state index >= 15 is 0 Å². The molecule has 0 bridgehead atoms. The summed E-state index contributed by atoms with van der Waals surface area (Å²) in [5, 5.41) is 12.0. The minimum absolute atomic E-state index is 0.0868. The lowest BCUT2D eigenvalue weighted by Gasteiger charge is -2.20. The highest BCUT2D eigenvalue weighted by Crippen LogP contribution is 2.23. The Labute approximate surface area is 130 Å². The number of phenolic OH excluding ortho intramolecular Hbond substituents is 1. The summed E-state index contributed by atoms with van der Waals surface area (Å²) in [7, 11) is 0. The van der Waals surface area contributed by atoms with Gasteiger partial charge in [-0.2, -0.15) is 0 Å². The molecule has 1 amide bonds. The van der Waals surface area contributed by atoms with Crippen LogP contribution in [0.1, 0.15) is 38.6 Å². The van der Waals surface area contributed by atoms with Crippen molar-refractivity contribution >= 4 is 11.6 Å². The molecular formula is C17H21N3O2. The molecular weight excluding hydrogens is 278 g/mol. The molecule has 1 aromatic heterocycles. The van der Waals surface area contributed by atoms with Crippen LogP contribution in [0.4, 0.5) is 5.69 Å². The van der Waals surface area contributed by atoms with Gasteiger partial charge in [-0.05, 0) is 24.3 Å². The van der Waals surface area contributed by atoms with E-state index in [0.717, 1.165) is 11.4 Å². The number of aryl methyl sites for hydroxylation is 1. The van der Waals surface area contributed by atoms with Gasteiger partial charge in [0.25, 0.3) is 0 Å². The molecule has 5 nitrogen and oxygen atoms in total. The maximum atomic E-state index is 12.0. The monoisotopic (exact) mass is 299 g/mol. The first-order valence-electron chi connectivity index (χ1n) is 7.25. The normalized spacial score (nSPS) is 11.2. The third-order valence-electron chi connectivity index (χ3n) is 3.22. The predicted octanol–water partition coefficient (Wildman–Crippen LogP) is 3.05. The fraction of sp³-hybridized carbons (Fsp3) is 0.353. The fourth-order valence-electron chi connectivity index (χ4n) is 2.18. The Morgan fingerprint density at radius 2 is 1.77 bits per heavy atom. The van der Waals surface area contributed by atoms with Crippen LogP contribution >= 0.6 is 0 Å². The molecule has 0 aliphatic rings. The first kappa shape index (κ1) is 15.9. The molecule has 22 heavy (non-hydrogen) atoms. The maximum absolute atomic E-state index is 12.0. The summed E-state index contributed by atoms with van der Waals surface area (Å²) in [5.41, 5.74) is 2.35. The minimum atomic E-state index is -0.100. The van der Waals surface area contributed by atoms with Gasteiger partial charge >= 0.3 is 0 Å². The van der Waals surface area contributed by atoms with Crippen LogP contribution in [0, 0.1) is 0 Å². The minimum Gasteiger partial charge on any atom is -0.508 e. The summed E-state index contributed by atoms with van der Waals surface area (Å²) in [4.78, 5) is 20.8. The molecule has 2 aromatic rings. The smallest absolute Gasteiger partial charge is 0.224 e. The van der Waals surface area contributed by atoms with E-state index < -0.39 is 0 Å². The number of phenols is 1. The van der Waals surface area contributed by atoms with E-state index in [0.29, 0.717) is 18.5 Å². The summed E-state index contributed by atoms with van der Waals surface area (Å²) in [5.74, 6) is 0.0866. The first-order chi connectivity index (χ1) is 10.4. The Balaban J connectivity index is 1.98. The molecule has 0 aliphatic heterocycles. The highest BCUT2D eigenvalue weighted by molar-refractivity contribution is 5.90. The molecule has 0 aliphatic carbocycles. The average molecular weight is 299 g/mol. The van der Waals surface area contributed by atoms with E-state index in [1.54, 1.807) is 24.5 Å². The third-order valence-corrected chi connectivity index (χ3v) is 3.22. The lowest BCUT2D eigenvalue weighted by Crippen LogP contribution is -2.19. The van der Waals surface area contributed by atoms with Gasteiger partial charge in [0.05, 0.1) is 11.4 Å². The molecule has 1 aromatic carbocycles. The van der Waals surface area contributed by atoms with Crippen molar-refractivity contribution in [2.24, 2.45) is 0 Å². The second-order valence-electron chi connectivity index (χ2n) is 6.20. The van der Waals surface area contributed by atoms with E-state index in [9.17, 15) is 9.90 Å². The summed E-state index contributed by atoms with van der Waals surface area (Å²) in [6, 6.07) is 6.40. The lowest BCUT2D eigenvalue weighted by molar-refractivity contribution is -0.116. The second-order valence-corrected chi connectivity index (χ2v) is 6.20. The van der Waals surface area contributed by atoms with E-state index in [-0.39, 0.29) is 17.1 Å². The Bertz CT molecular complexity index is 646. The Morgan fingerprint density at radius 1 is 1.14 bits per heavy atom. The molecule has 5 heteroatoms. The number of aromatic nitrogens is 2. The van der Waals surface area contributed by atoms with Gasteiger partial charge in [-0.1, -0.05) is 20.8 Å². The van der Waals surface area contributed by atoms with Gasteiger partial charge in [0.1, 0.15) is 5.75 Å². The van der Waals surface area contributed by atoms with E-state index in [4.69, 9.17) is 0 Å². The van der Waals surface area contributed by atoms with E-state index in [1.807, 2.05) is 0 Å². The van der Waals surface area contributed by atoms with Crippen LogP contribution in [0.15, 0.2) is 36.7 Å². The SMILES string of the molecule is CC(C)(C)c1nccnc1CCC(=O)Nc1ccc(O)cc1. The predicted molar refractivity (Wildman–Crippen MR) is 85.8 cm³/mol. The average Bonchev–Trinajstić information content (AvgIpc) is 2.47. The molecule has 0 saturated carbocycles. The number of nitrogens with zero attached hydrogens (tertiary/aromatic N) is 2. The van der Waals surface area contributed by atoms with E-state index in [2.05, 4.69) is 36.1 Å². The van der Waals surface area contributed by atoms with E-state index in [1.165, 1.54) is 12.1 Å².